The van der Waals surface area contributed by atoms with Crippen LogP contribution < -0.4 is 0 Å². The van der Waals surface area contributed by atoms with Crippen LogP contribution in [0.5, 0.6) is 0 Å². The molecule has 0 aliphatic heterocycles. The van der Waals surface area contributed by atoms with Crippen molar-refractivity contribution in [2.45, 2.75) is 77.2 Å². The summed E-state index contributed by atoms with van der Waals surface area (Å²) in [6.07, 6.45) is 10.0. The van der Waals surface area contributed by atoms with E-state index >= 15 is 0 Å². The molecule has 1 atom stereocenters. The third-order valence-electron chi connectivity index (χ3n) is 4.85. The van der Waals surface area contributed by atoms with Gasteiger partial charge in [0.15, 0.2) is 0 Å². The van der Waals surface area contributed by atoms with Gasteiger partial charge in [-0.2, -0.15) is 0 Å². The van der Waals surface area contributed by atoms with Crippen LogP contribution in [0.25, 0.3) is 0 Å². The lowest BCUT2D eigenvalue weighted by Crippen LogP contribution is -2.13. The summed E-state index contributed by atoms with van der Waals surface area (Å²) < 4.78 is 0. The number of benzene rings is 1. The summed E-state index contributed by atoms with van der Waals surface area (Å²) in [5, 5.41) is 9.34. The second-order valence-electron chi connectivity index (χ2n) is 6.64. The second kappa shape index (κ2) is 7.83. The predicted octanol–water partition coefficient (Wildman–Crippen LogP) is 5.07. The summed E-state index contributed by atoms with van der Waals surface area (Å²) in [7, 11) is 0. The van der Waals surface area contributed by atoms with Gasteiger partial charge in [0.1, 0.15) is 0 Å². The number of hydrogen-bond acceptors (Lipinski definition) is 1. The highest BCUT2D eigenvalue weighted by atomic mass is 16.3. The smallest absolute Gasteiger partial charge is 0.0515 e. The molecule has 1 aromatic carbocycles. The first-order valence-corrected chi connectivity index (χ1v) is 8.46. The van der Waals surface area contributed by atoms with Crippen LogP contribution in [0.4, 0.5) is 0 Å². The van der Waals surface area contributed by atoms with Crippen molar-refractivity contribution in [1.29, 1.82) is 0 Å². The van der Waals surface area contributed by atoms with E-state index in [0.717, 1.165) is 24.7 Å². The highest BCUT2D eigenvalue weighted by Crippen LogP contribution is 2.37. The maximum atomic E-state index is 9.34. The van der Waals surface area contributed by atoms with Crippen LogP contribution in [0.1, 0.15) is 75.8 Å². The van der Waals surface area contributed by atoms with Gasteiger partial charge >= 0.3 is 0 Å². The predicted molar refractivity (Wildman–Crippen MR) is 86.1 cm³/mol. The number of aliphatic hydroxyl groups excluding tert-OH is 1. The van der Waals surface area contributed by atoms with E-state index in [4.69, 9.17) is 0 Å². The Kier molecular flexibility index (Phi) is 6.09. The van der Waals surface area contributed by atoms with E-state index in [2.05, 4.69) is 31.2 Å². The van der Waals surface area contributed by atoms with Gasteiger partial charge in [-0.15, -0.1) is 0 Å². The molecule has 1 aliphatic rings. The lowest BCUT2D eigenvalue weighted by atomic mass is 9.77. The molecule has 1 saturated carbocycles. The summed E-state index contributed by atoms with van der Waals surface area (Å²) in [5.41, 5.74) is 2.88. The molecular weight excluding hydrogens is 244 g/mol. The Labute approximate surface area is 124 Å². The minimum atomic E-state index is -0.191. The molecule has 0 heterocycles. The van der Waals surface area contributed by atoms with Crippen molar-refractivity contribution in [3.05, 3.63) is 35.4 Å². The molecule has 20 heavy (non-hydrogen) atoms. The zero-order valence-corrected chi connectivity index (χ0v) is 13.1. The molecule has 0 saturated heterocycles. The van der Waals surface area contributed by atoms with Crippen molar-refractivity contribution in [2.24, 2.45) is 5.92 Å². The average Bonchev–Trinajstić information content (AvgIpc) is 2.47. The van der Waals surface area contributed by atoms with Crippen LogP contribution in [-0.2, 0) is 6.42 Å². The highest BCUT2D eigenvalue weighted by molar-refractivity contribution is 5.26. The first-order chi connectivity index (χ1) is 9.69. The van der Waals surface area contributed by atoms with Gasteiger partial charge in [-0.3, -0.25) is 0 Å². The van der Waals surface area contributed by atoms with E-state index < -0.39 is 0 Å². The maximum absolute atomic E-state index is 9.34. The Morgan fingerprint density at radius 3 is 2.30 bits per heavy atom. The zero-order chi connectivity index (χ0) is 14.4. The van der Waals surface area contributed by atoms with Crippen LogP contribution in [0.3, 0.4) is 0 Å². The van der Waals surface area contributed by atoms with E-state index in [1.807, 2.05) is 6.92 Å². The molecule has 112 valence electrons. The Morgan fingerprint density at radius 1 is 1.10 bits per heavy atom. The van der Waals surface area contributed by atoms with Crippen molar-refractivity contribution < 1.29 is 5.11 Å². The van der Waals surface area contributed by atoms with E-state index in [-0.39, 0.29) is 6.10 Å². The minimum Gasteiger partial charge on any atom is -0.393 e. The maximum Gasteiger partial charge on any atom is 0.0515 e. The molecule has 1 heteroatoms. The molecule has 1 fully saturated rings. The fourth-order valence-corrected chi connectivity index (χ4v) is 3.52. The third-order valence-corrected chi connectivity index (χ3v) is 4.85. The fourth-order valence-electron chi connectivity index (χ4n) is 3.52. The molecular formula is C19H30O. The average molecular weight is 274 g/mol. The van der Waals surface area contributed by atoms with Gasteiger partial charge in [0.2, 0.25) is 0 Å². The first kappa shape index (κ1) is 15.6. The molecule has 0 radical (unpaired) electrons. The molecule has 0 spiro atoms. The number of aliphatic hydroxyl groups is 1. The molecule has 2 rings (SSSR count). The molecule has 1 unspecified atom stereocenters. The van der Waals surface area contributed by atoms with Gasteiger partial charge in [-0.25, -0.2) is 0 Å². The zero-order valence-electron chi connectivity index (χ0n) is 13.1. The molecule has 0 bridgehead atoms. The fraction of sp³-hybridized carbons (Fsp3) is 0.684. The van der Waals surface area contributed by atoms with Crippen LogP contribution in [0.2, 0.25) is 0 Å². The van der Waals surface area contributed by atoms with Crippen LogP contribution >= 0.6 is 0 Å². The first-order valence-electron chi connectivity index (χ1n) is 8.46. The van der Waals surface area contributed by atoms with Gasteiger partial charge in [0.05, 0.1) is 6.10 Å². The summed E-state index contributed by atoms with van der Waals surface area (Å²) in [4.78, 5) is 0. The van der Waals surface area contributed by atoms with Gasteiger partial charge in [-0.1, -0.05) is 44.0 Å². The van der Waals surface area contributed by atoms with Gasteiger partial charge in [0.25, 0.3) is 0 Å². The topological polar surface area (TPSA) is 20.2 Å². The Bertz CT molecular complexity index is 371. The largest absolute Gasteiger partial charge is 0.393 e. The Hall–Kier alpha value is -0.820. The van der Waals surface area contributed by atoms with E-state index in [0.29, 0.717) is 0 Å². The normalized spacial score (nSPS) is 24.6. The van der Waals surface area contributed by atoms with E-state index in [1.165, 1.54) is 49.7 Å². The van der Waals surface area contributed by atoms with Crippen LogP contribution in [-0.4, -0.2) is 11.2 Å². The SMILES string of the molecule is CCCC1CCC(c2ccc(CCC(C)O)cc2)CC1. The van der Waals surface area contributed by atoms with Crippen LogP contribution in [0.15, 0.2) is 24.3 Å². The summed E-state index contributed by atoms with van der Waals surface area (Å²) in [5.74, 6) is 1.77. The molecule has 1 aliphatic carbocycles. The Balaban J connectivity index is 1.84. The van der Waals surface area contributed by atoms with E-state index in [9.17, 15) is 5.11 Å². The van der Waals surface area contributed by atoms with Gasteiger partial charge < -0.3 is 5.11 Å². The lowest BCUT2D eigenvalue weighted by molar-refractivity contribution is 0.185. The highest BCUT2D eigenvalue weighted by Gasteiger charge is 2.21. The number of rotatable bonds is 6. The number of hydrogen-bond donors (Lipinski definition) is 1. The molecule has 0 amide bonds. The summed E-state index contributed by atoms with van der Waals surface area (Å²) in [6, 6.07) is 9.16. The monoisotopic (exact) mass is 274 g/mol. The summed E-state index contributed by atoms with van der Waals surface area (Å²) in [6.45, 7) is 4.17. The minimum absolute atomic E-state index is 0.191. The van der Waals surface area contributed by atoms with E-state index in [1.54, 1.807) is 0 Å². The number of aryl methyl sites for hydroxylation is 1. The van der Waals surface area contributed by atoms with Crippen molar-refractivity contribution in [3.63, 3.8) is 0 Å². The van der Waals surface area contributed by atoms with Crippen molar-refractivity contribution >= 4 is 0 Å². The second-order valence-corrected chi connectivity index (χ2v) is 6.64. The Morgan fingerprint density at radius 2 is 1.75 bits per heavy atom. The van der Waals surface area contributed by atoms with Crippen molar-refractivity contribution in [3.8, 4) is 0 Å². The molecule has 1 aromatic rings. The quantitative estimate of drug-likeness (QED) is 0.767. The summed E-state index contributed by atoms with van der Waals surface area (Å²) >= 11 is 0. The standard InChI is InChI=1S/C19H30O/c1-3-4-16-7-11-18(12-8-16)19-13-9-17(10-14-19)6-5-15(2)20/h9-10,13-16,18,20H,3-8,11-12H2,1-2H3. The van der Waals surface area contributed by atoms with Gasteiger partial charge in [-0.05, 0) is 68.4 Å². The third kappa shape index (κ3) is 4.63. The molecule has 1 N–H and O–H groups in total. The van der Waals surface area contributed by atoms with Gasteiger partial charge in [0, 0.05) is 0 Å². The molecule has 0 aromatic heterocycles. The van der Waals surface area contributed by atoms with Crippen LogP contribution in [0, 0.1) is 5.92 Å². The van der Waals surface area contributed by atoms with Crippen molar-refractivity contribution in [1.82, 2.24) is 0 Å². The van der Waals surface area contributed by atoms with Crippen molar-refractivity contribution in [2.75, 3.05) is 0 Å². The molecule has 1 nitrogen and oxygen atoms in total. The lowest BCUT2D eigenvalue weighted by Gasteiger charge is -2.28.